The highest BCUT2D eigenvalue weighted by molar-refractivity contribution is 9.10. The number of hydrogen-bond acceptors (Lipinski definition) is 2. The maximum atomic E-state index is 6.09. The largest absolute Gasteiger partial charge is 0.369 e. The van der Waals surface area contributed by atoms with Gasteiger partial charge < -0.3 is 4.74 Å². The molecule has 0 bridgehead atoms. The van der Waals surface area contributed by atoms with Crippen molar-refractivity contribution >= 4 is 15.9 Å². The van der Waals surface area contributed by atoms with Crippen molar-refractivity contribution in [3.8, 4) is 0 Å². The fourth-order valence-corrected chi connectivity index (χ4v) is 3.03. The minimum absolute atomic E-state index is 0.226. The van der Waals surface area contributed by atoms with E-state index >= 15 is 0 Å². The van der Waals surface area contributed by atoms with Gasteiger partial charge in [0.1, 0.15) is 0 Å². The molecule has 0 N–H and O–H groups in total. The van der Waals surface area contributed by atoms with E-state index in [9.17, 15) is 0 Å². The zero-order valence-electron chi connectivity index (χ0n) is 10.7. The van der Waals surface area contributed by atoms with Crippen molar-refractivity contribution in [2.75, 3.05) is 0 Å². The summed E-state index contributed by atoms with van der Waals surface area (Å²) in [5.74, 6) is 0. The summed E-state index contributed by atoms with van der Waals surface area (Å²) in [5, 5.41) is 0. The van der Waals surface area contributed by atoms with Crippen molar-refractivity contribution in [3.63, 3.8) is 0 Å². The first-order chi connectivity index (χ1) is 9.33. The van der Waals surface area contributed by atoms with Crippen molar-refractivity contribution in [2.24, 2.45) is 0 Å². The lowest BCUT2D eigenvalue weighted by Crippen LogP contribution is -2.12. The van der Waals surface area contributed by atoms with E-state index in [2.05, 4.69) is 51.2 Å². The summed E-state index contributed by atoms with van der Waals surface area (Å²) in [4.78, 5) is 4.17. The van der Waals surface area contributed by atoms with Gasteiger partial charge in [0.2, 0.25) is 0 Å². The molecule has 0 spiro atoms. The first-order valence-corrected chi connectivity index (χ1v) is 7.41. The lowest BCUT2D eigenvalue weighted by Gasteiger charge is -2.25. The van der Waals surface area contributed by atoms with E-state index in [-0.39, 0.29) is 6.10 Å². The van der Waals surface area contributed by atoms with E-state index in [1.54, 1.807) is 6.20 Å². The van der Waals surface area contributed by atoms with Crippen molar-refractivity contribution in [3.05, 3.63) is 63.9 Å². The normalized spacial score (nSPS) is 18.1. The van der Waals surface area contributed by atoms with Crippen LogP contribution in [0.15, 0.2) is 47.2 Å². The average molecular weight is 318 g/mol. The monoisotopic (exact) mass is 317 g/mol. The van der Waals surface area contributed by atoms with Gasteiger partial charge in [-0.2, -0.15) is 0 Å². The van der Waals surface area contributed by atoms with E-state index in [1.807, 2.05) is 6.20 Å². The molecule has 0 fully saturated rings. The third-order valence-electron chi connectivity index (χ3n) is 3.53. The maximum absolute atomic E-state index is 6.09. The van der Waals surface area contributed by atoms with Crippen LogP contribution in [0.4, 0.5) is 0 Å². The molecule has 1 aromatic heterocycles. The Balaban J connectivity index is 1.71. The van der Waals surface area contributed by atoms with Gasteiger partial charge in [0.15, 0.2) is 0 Å². The van der Waals surface area contributed by atoms with Crippen LogP contribution in [0.2, 0.25) is 0 Å². The molecular weight excluding hydrogens is 302 g/mol. The summed E-state index contributed by atoms with van der Waals surface area (Å²) >= 11 is 3.44. The van der Waals surface area contributed by atoms with Crippen LogP contribution >= 0.6 is 15.9 Å². The molecule has 2 aromatic rings. The highest BCUT2D eigenvalue weighted by Gasteiger charge is 2.20. The van der Waals surface area contributed by atoms with Gasteiger partial charge >= 0.3 is 0 Å². The average Bonchev–Trinajstić information content (AvgIpc) is 2.45. The number of nitrogens with zero attached hydrogens (tertiary/aromatic N) is 1. The molecule has 1 heterocycles. The second-order valence-corrected chi connectivity index (χ2v) is 5.82. The Morgan fingerprint density at radius 3 is 3.05 bits per heavy atom. The minimum Gasteiger partial charge on any atom is -0.369 e. The van der Waals surface area contributed by atoms with E-state index < -0.39 is 0 Å². The molecule has 0 aliphatic heterocycles. The van der Waals surface area contributed by atoms with Gasteiger partial charge in [-0.25, -0.2) is 0 Å². The molecule has 1 aromatic carbocycles. The predicted octanol–water partition coefficient (Wildman–Crippen LogP) is 4.44. The summed E-state index contributed by atoms with van der Waals surface area (Å²) in [7, 11) is 0. The molecule has 19 heavy (non-hydrogen) atoms. The van der Waals surface area contributed by atoms with Crippen LogP contribution in [0.1, 0.15) is 35.6 Å². The van der Waals surface area contributed by atoms with E-state index in [1.165, 1.54) is 24.0 Å². The summed E-state index contributed by atoms with van der Waals surface area (Å²) in [6.07, 6.45) is 7.37. The molecule has 3 heteroatoms. The quantitative estimate of drug-likeness (QED) is 0.835. The Morgan fingerprint density at radius 1 is 1.26 bits per heavy atom. The minimum atomic E-state index is 0.226. The molecular formula is C16H16BrNO. The van der Waals surface area contributed by atoms with Crippen LogP contribution in [0, 0.1) is 0 Å². The van der Waals surface area contributed by atoms with E-state index in [0.717, 1.165) is 16.5 Å². The Morgan fingerprint density at radius 2 is 2.16 bits per heavy atom. The zero-order chi connectivity index (χ0) is 13.1. The summed E-state index contributed by atoms with van der Waals surface area (Å²) in [6.45, 7) is 0.617. The molecule has 1 unspecified atom stereocenters. The highest BCUT2D eigenvalue weighted by Crippen LogP contribution is 2.32. The number of aromatic nitrogens is 1. The Kier molecular flexibility index (Phi) is 3.95. The second-order valence-electron chi connectivity index (χ2n) is 4.90. The number of halogens is 1. The molecule has 3 rings (SSSR count). The van der Waals surface area contributed by atoms with Crippen LogP contribution in [0.25, 0.3) is 0 Å². The summed E-state index contributed by atoms with van der Waals surface area (Å²) in [6, 6.07) is 10.7. The lowest BCUT2D eigenvalue weighted by atomic mass is 9.89. The van der Waals surface area contributed by atoms with Gasteiger partial charge in [0, 0.05) is 16.9 Å². The first kappa shape index (κ1) is 12.8. The van der Waals surface area contributed by atoms with Crippen LogP contribution in [0.5, 0.6) is 0 Å². The van der Waals surface area contributed by atoms with Crippen molar-refractivity contribution in [1.82, 2.24) is 4.98 Å². The predicted molar refractivity (Wildman–Crippen MR) is 78.8 cm³/mol. The third-order valence-corrected chi connectivity index (χ3v) is 3.96. The van der Waals surface area contributed by atoms with Crippen molar-refractivity contribution in [1.29, 1.82) is 0 Å². The number of aryl methyl sites for hydroxylation is 1. The van der Waals surface area contributed by atoms with Crippen molar-refractivity contribution in [2.45, 2.75) is 32.0 Å². The van der Waals surface area contributed by atoms with Crippen LogP contribution in [-0.4, -0.2) is 4.98 Å². The second kappa shape index (κ2) is 5.85. The van der Waals surface area contributed by atoms with Gasteiger partial charge in [-0.1, -0.05) is 24.3 Å². The Hall–Kier alpha value is -1.19. The van der Waals surface area contributed by atoms with Gasteiger partial charge in [-0.05, 0) is 57.9 Å². The summed E-state index contributed by atoms with van der Waals surface area (Å²) < 4.78 is 7.09. The number of ether oxygens (including phenoxy) is 1. The SMILES string of the molecule is Brc1cncc(COC2CCCc3ccccc32)c1. The zero-order valence-corrected chi connectivity index (χ0v) is 12.3. The molecule has 1 atom stereocenters. The summed E-state index contributed by atoms with van der Waals surface area (Å²) in [5.41, 5.74) is 3.90. The lowest BCUT2D eigenvalue weighted by molar-refractivity contribution is 0.0281. The molecule has 1 aliphatic rings. The van der Waals surface area contributed by atoms with Crippen LogP contribution < -0.4 is 0 Å². The third kappa shape index (κ3) is 3.04. The first-order valence-electron chi connectivity index (χ1n) is 6.62. The fraction of sp³-hybridized carbons (Fsp3) is 0.312. The number of fused-ring (bicyclic) bond motifs is 1. The topological polar surface area (TPSA) is 22.1 Å². The van der Waals surface area contributed by atoms with Crippen LogP contribution in [-0.2, 0) is 17.8 Å². The Labute approximate surface area is 122 Å². The molecule has 0 saturated carbocycles. The molecule has 2 nitrogen and oxygen atoms in total. The molecule has 0 saturated heterocycles. The van der Waals surface area contributed by atoms with E-state index in [0.29, 0.717) is 6.61 Å². The number of hydrogen-bond donors (Lipinski definition) is 0. The van der Waals surface area contributed by atoms with Gasteiger partial charge in [0.05, 0.1) is 12.7 Å². The van der Waals surface area contributed by atoms with E-state index in [4.69, 9.17) is 4.74 Å². The molecule has 0 radical (unpaired) electrons. The number of benzene rings is 1. The van der Waals surface area contributed by atoms with Crippen LogP contribution in [0.3, 0.4) is 0 Å². The number of pyridine rings is 1. The molecule has 98 valence electrons. The molecule has 0 amide bonds. The van der Waals surface area contributed by atoms with Crippen molar-refractivity contribution < 1.29 is 4.74 Å². The van der Waals surface area contributed by atoms with Gasteiger partial charge in [-0.3, -0.25) is 4.98 Å². The molecule has 1 aliphatic carbocycles. The Bertz CT molecular complexity index is 570. The maximum Gasteiger partial charge on any atom is 0.0832 e. The van der Waals surface area contributed by atoms with Gasteiger partial charge in [-0.15, -0.1) is 0 Å². The number of rotatable bonds is 3. The smallest absolute Gasteiger partial charge is 0.0832 e. The fourth-order valence-electron chi connectivity index (χ4n) is 2.61. The standard InChI is InChI=1S/C16H16BrNO/c17-14-8-12(9-18-10-14)11-19-16-7-3-5-13-4-1-2-6-15(13)16/h1-2,4,6,8-10,16H,3,5,7,11H2. The van der Waals surface area contributed by atoms with Gasteiger partial charge in [0.25, 0.3) is 0 Å². The highest BCUT2D eigenvalue weighted by atomic mass is 79.9.